The van der Waals surface area contributed by atoms with Crippen molar-refractivity contribution in [3.63, 3.8) is 0 Å². The number of halogens is 2. The number of benzene rings is 2. The van der Waals surface area contributed by atoms with Crippen molar-refractivity contribution in [2.24, 2.45) is 0 Å². The van der Waals surface area contributed by atoms with Gasteiger partial charge in [0.2, 0.25) is 0 Å². The molecule has 2 rings (SSSR count). The van der Waals surface area contributed by atoms with Gasteiger partial charge in [-0.15, -0.1) is 0 Å². The summed E-state index contributed by atoms with van der Waals surface area (Å²) in [6.45, 7) is 1.93. The summed E-state index contributed by atoms with van der Waals surface area (Å²) in [5, 5.41) is 11.4. The van der Waals surface area contributed by atoms with E-state index in [1.165, 1.54) is 6.07 Å². The second-order valence-corrected chi connectivity index (χ2v) is 5.50. The van der Waals surface area contributed by atoms with Gasteiger partial charge >= 0.3 is 0 Å². The van der Waals surface area contributed by atoms with Crippen molar-refractivity contribution in [2.45, 2.75) is 13.5 Å². The number of nitrogens with zero attached hydrogens (tertiary/aromatic N) is 1. The van der Waals surface area contributed by atoms with Gasteiger partial charge in [-0.2, -0.15) is 0 Å². The quantitative estimate of drug-likeness (QED) is 0.578. The predicted octanol–water partition coefficient (Wildman–Crippen LogP) is 4.90. The molecular formula is C14H11BrClNO3. The average molecular weight is 357 g/mol. The number of hydrogen-bond donors (Lipinski definition) is 0. The molecule has 0 aliphatic rings. The molecule has 0 N–H and O–H groups in total. The molecule has 0 spiro atoms. The Morgan fingerprint density at radius 1 is 1.35 bits per heavy atom. The highest BCUT2D eigenvalue weighted by molar-refractivity contribution is 9.10. The van der Waals surface area contributed by atoms with Gasteiger partial charge in [-0.3, -0.25) is 10.1 Å². The lowest BCUT2D eigenvalue weighted by atomic mass is 10.1. The van der Waals surface area contributed by atoms with Gasteiger partial charge in [0.05, 0.1) is 9.95 Å². The lowest BCUT2D eigenvalue weighted by Crippen LogP contribution is -2.01. The lowest BCUT2D eigenvalue weighted by molar-refractivity contribution is -0.385. The Balaban J connectivity index is 2.21. The van der Waals surface area contributed by atoms with Crippen molar-refractivity contribution >= 4 is 33.2 Å². The van der Waals surface area contributed by atoms with Crippen LogP contribution in [0.1, 0.15) is 11.1 Å². The summed E-state index contributed by atoms with van der Waals surface area (Å²) in [6, 6.07) is 10.2. The van der Waals surface area contributed by atoms with Crippen LogP contribution in [-0.2, 0) is 6.61 Å². The molecule has 0 bridgehead atoms. The Morgan fingerprint density at radius 3 is 2.80 bits per heavy atom. The zero-order valence-corrected chi connectivity index (χ0v) is 12.9. The van der Waals surface area contributed by atoms with Gasteiger partial charge in [-0.05, 0) is 30.7 Å². The molecule has 4 nitrogen and oxygen atoms in total. The first kappa shape index (κ1) is 14.8. The van der Waals surface area contributed by atoms with E-state index in [0.717, 1.165) is 10.0 Å². The van der Waals surface area contributed by atoms with Crippen LogP contribution in [0.5, 0.6) is 5.75 Å². The second kappa shape index (κ2) is 6.24. The van der Waals surface area contributed by atoms with E-state index in [0.29, 0.717) is 16.3 Å². The van der Waals surface area contributed by atoms with Crippen LogP contribution in [0.2, 0.25) is 5.02 Å². The highest BCUT2D eigenvalue weighted by Gasteiger charge is 2.13. The van der Waals surface area contributed by atoms with E-state index >= 15 is 0 Å². The van der Waals surface area contributed by atoms with E-state index in [9.17, 15) is 10.1 Å². The number of ether oxygens (including phenoxy) is 1. The van der Waals surface area contributed by atoms with Gasteiger partial charge in [0.1, 0.15) is 12.4 Å². The van der Waals surface area contributed by atoms with Gasteiger partial charge in [0.15, 0.2) is 0 Å². The molecule has 0 fully saturated rings. The minimum absolute atomic E-state index is 0.0893. The molecule has 20 heavy (non-hydrogen) atoms. The van der Waals surface area contributed by atoms with Gasteiger partial charge in [-0.25, -0.2) is 0 Å². The molecule has 2 aromatic carbocycles. The minimum atomic E-state index is -0.398. The molecule has 0 radical (unpaired) electrons. The molecular weight excluding hydrogens is 346 g/mol. The molecule has 0 atom stereocenters. The lowest BCUT2D eigenvalue weighted by Gasteiger charge is -2.10. The fourth-order valence-electron chi connectivity index (χ4n) is 1.77. The third-order valence-electron chi connectivity index (χ3n) is 2.89. The first-order chi connectivity index (χ1) is 9.49. The van der Waals surface area contributed by atoms with E-state index in [2.05, 4.69) is 15.9 Å². The van der Waals surface area contributed by atoms with E-state index in [1.54, 1.807) is 31.2 Å². The molecule has 0 amide bonds. The second-order valence-electron chi connectivity index (χ2n) is 4.18. The molecule has 6 heteroatoms. The Morgan fingerprint density at radius 2 is 2.10 bits per heavy atom. The maximum Gasteiger partial charge on any atom is 0.272 e. The largest absolute Gasteiger partial charge is 0.487 e. The Labute approximate surface area is 129 Å². The Kier molecular flexibility index (Phi) is 4.62. The third kappa shape index (κ3) is 3.29. The van der Waals surface area contributed by atoms with Crippen LogP contribution in [0.3, 0.4) is 0 Å². The van der Waals surface area contributed by atoms with E-state index in [-0.39, 0.29) is 12.3 Å². The predicted molar refractivity (Wildman–Crippen MR) is 81.3 cm³/mol. The van der Waals surface area contributed by atoms with Crippen molar-refractivity contribution in [3.05, 3.63) is 67.1 Å². The maximum absolute atomic E-state index is 10.9. The summed E-state index contributed by atoms with van der Waals surface area (Å²) >= 11 is 9.37. The zero-order chi connectivity index (χ0) is 14.7. The van der Waals surface area contributed by atoms with Gasteiger partial charge < -0.3 is 4.74 Å². The molecule has 2 aromatic rings. The summed E-state index contributed by atoms with van der Waals surface area (Å²) in [6.07, 6.45) is 0. The average Bonchev–Trinajstić information content (AvgIpc) is 2.41. The number of nitro groups is 1. The maximum atomic E-state index is 10.9. The fourth-order valence-corrected chi connectivity index (χ4v) is 2.28. The fraction of sp³-hybridized carbons (Fsp3) is 0.143. The molecule has 104 valence electrons. The van der Waals surface area contributed by atoms with Gasteiger partial charge in [-0.1, -0.05) is 39.7 Å². The smallest absolute Gasteiger partial charge is 0.272 e. The molecule has 0 unspecified atom stereocenters. The van der Waals surface area contributed by atoms with Crippen LogP contribution in [-0.4, -0.2) is 4.92 Å². The van der Waals surface area contributed by atoms with Crippen LogP contribution < -0.4 is 4.74 Å². The Bertz CT molecular complexity index is 661. The summed E-state index contributed by atoms with van der Waals surface area (Å²) in [4.78, 5) is 10.5. The zero-order valence-electron chi connectivity index (χ0n) is 10.6. The summed E-state index contributed by atoms with van der Waals surface area (Å²) < 4.78 is 6.49. The van der Waals surface area contributed by atoms with Crippen molar-refractivity contribution in [1.82, 2.24) is 0 Å². The number of hydrogen-bond acceptors (Lipinski definition) is 3. The minimum Gasteiger partial charge on any atom is -0.487 e. The SMILES string of the molecule is Cc1c(COc2cc(Br)ccc2Cl)cccc1[N+](=O)[O-]. The van der Waals surface area contributed by atoms with E-state index in [4.69, 9.17) is 16.3 Å². The summed E-state index contributed by atoms with van der Waals surface area (Å²) in [5.74, 6) is 0.534. The topological polar surface area (TPSA) is 52.4 Å². The van der Waals surface area contributed by atoms with Crippen molar-refractivity contribution in [1.29, 1.82) is 0 Å². The summed E-state index contributed by atoms with van der Waals surface area (Å²) in [7, 11) is 0. The molecule has 0 saturated carbocycles. The Hall–Kier alpha value is -1.59. The van der Waals surface area contributed by atoms with Crippen LogP contribution >= 0.6 is 27.5 Å². The van der Waals surface area contributed by atoms with Gasteiger partial charge in [0.25, 0.3) is 5.69 Å². The van der Waals surface area contributed by atoms with Crippen LogP contribution in [0, 0.1) is 17.0 Å². The van der Waals surface area contributed by atoms with E-state index < -0.39 is 4.92 Å². The molecule has 0 aliphatic carbocycles. The monoisotopic (exact) mass is 355 g/mol. The highest BCUT2D eigenvalue weighted by Crippen LogP contribution is 2.29. The standard InChI is InChI=1S/C14H11BrClNO3/c1-9-10(3-2-4-13(9)17(18)19)8-20-14-7-11(15)5-6-12(14)16/h2-7H,8H2,1H3. The normalized spacial score (nSPS) is 10.3. The molecule has 0 saturated heterocycles. The van der Waals surface area contributed by atoms with Crippen molar-refractivity contribution in [2.75, 3.05) is 0 Å². The summed E-state index contributed by atoms with van der Waals surface area (Å²) in [5.41, 5.74) is 1.45. The first-order valence-corrected chi connectivity index (χ1v) is 6.97. The van der Waals surface area contributed by atoms with Crippen LogP contribution in [0.25, 0.3) is 0 Å². The third-order valence-corrected chi connectivity index (χ3v) is 3.70. The van der Waals surface area contributed by atoms with Gasteiger partial charge in [0, 0.05) is 16.1 Å². The van der Waals surface area contributed by atoms with Crippen LogP contribution in [0.4, 0.5) is 5.69 Å². The molecule has 0 aromatic heterocycles. The first-order valence-electron chi connectivity index (χ1n) is 5.80. The number of rotatable bonds is 4. The van der Waals surface area contributed by atoms with Crippen molar-refractivity contribution < 1.29 is 9.66 Å². The molecule has 0 aliphatic heterocycles. The van der Waals surface area contributed by atoms with Crippen LogP contribution in [0.15, 0.2) is 40.9 Å². The van der Waals surface area contributed by atoms with Crippen molar-refractivity contribution in [3.8, 4) is 5.75 Å². The number of nitro benzene ring substituents is 1. The van der Waals surface area contributed by atoms with E-state index in [1.807, 2.05) is 6.07 Å². The molecule has 0 heterocycles. The highest BCUT2D eigenvalue weighted by atomic mass is 79.9.